The first-order valence-corrected chi connectivity index (χ1v) is 14.3. The summed E-state index contributed by atoms with van der Waals surface area (Å²) < 4.78 is 19.8. The van der Waals surface area contributed by atoms with Crippen LogP contribution in [-0.4, -0.2) is 52.4 Å². The lowest BCUT2D eigenvalue weighted by Gasteiger charge is -2.31. The number of carbonyl (C=O) groups excluding carboxylic acids is 3. The van der Waals surface area contributed by atoms with Gasteiger partial charge in [-0.3, -0.25) is 9.59 Å². The predicted octanol–water partition coefficient (Wildman–Crippen LogP) is 5.49. The summed E-state index contributed by atoms with van der Waals surface area (Å²) in [7, 11) is 0. The fourth-order valence-electron chi connectivity index (χ4n) is 5.12. The summed E-state index contributed by atoms with van der Waals surface area (Å²) >= 11 is 0. The highest BCUT2D eigenvalue weighted by Gasteiger charge is 2.25. The van der Waals surface area contributed by atoms with Crippen molar-refractivity contribution < 1.29 is 28.6 Å². The third-order valence-corrected chi connectivity index (χ3v) is 7.70. The number of aryl methyl sites for hydroxylation is 1. The van der Waals surface area contributed by atoms with Crippen molar-refractivity contribution in [2.45, 2.75) is 26.4 Å². The first-order chi connectivity index (χ1) is 21.2. The van der Waals surface area contributed by atoms with Gasteiger partial charge < -0.3 is 25.8 Å². The zero-order valence-electron chi connectivity index (χ0n) is 24.3. The monoisotopic (exact) mass is 596 g/mol. The van der Waals surface area contributed by atoms with Gasteiger partial charge in [-0.05, 0) is 79.3 Å². The third-order valence-electron chi connectivity index (χ3n) is 7.70. The van der Waals surface area contributed by atoms with Crippen LogP contribution in [0.25, 0.3) is 11.3 Å². The van der Waals surface area contributed by atoms with Crippen molar-refractivity contribution in [1.29, 1.82) is 0 Å². The molecule has 4 N–H and O–H groups in total. The number of benzene rings is 3. The topological polar surface area (TPSA) is 135 Å². The number of piperidine rings is 1. The highest BCUT2D eigenvalue weighted by atomic mass is 19.1. The molecule has 0 aliphatic carbocycles. The lowest BCUT2D eigenvalue weighted by atomic mass is 9.97. The fraction of sp³-hybridized carbons (Fsp3) is 0.235. The summed E-state index contributed by atoms with van der Waals surface area (Å²) in [6, 6.07) is 21.1. The Morgan fingerprint density at radius 3 is 2.43 bits per heavy atom. The van der Waals surface area contributed by atoms with Crippen LogP contribution in [-0.2, 0) is 11.3 Å². The standard InChI is InChI=1S/C34H33FN4O5/c1-21-7-9-25(28(35)17-21)31(41)24-8-12-30(40)27(18-24)29-11-10-26(32(36)38-29)33(42)37-19-22-13-15-39(16-14-22)34(43)44-20-23-5-3-2-4-6-23/h2-12,17-18,22,40H,13-16,19-20H2,1H3,(H2,36,38)(H,37,42). The van der Waals surface area contributed by atoms with Crippen LogP contribution in [0.2, 0.25) is 0 Å². The first kappa shape index (κ1) is 30.2. The Hall–Kier alpha value is -5.25. The number of likely N-dealkylation sites (tertiary alicyclic amines) is 1. The first-order valence-electron chi connectivity index (χ1n) is 14.3. The van der Waals surface area contributed by atoms with Gasteiger partial charge in [-0.1, -0.05) is 36.4 Å². The molecule has 0 saturated carbocycles. The lowest BCUT2D eigenvalue weighted by Crippen LogP contribution is -2.41. The van der Waals surface area contributed by atoms with E-state index in [1.165, 1.54) is 42.5 Å². The van der Waals surface area contributed by atoms with E-state index in [4.69, 9.17) is 10.5 Å². The summed E-state index contributed by atoms with van der Waals surface area (Å²) in [4.78, 5) is 44.3. The number of nitrogens with zero attached hydrogens (tertiary/aromatic N) is 2. The van der Waals surface area contributed by atoms with Crippen molar-refractivity contribution >= 4 is 23.6 Å². The van der Waals surface area contributed by atoms with Crippen LogP contribution >= 0.6 is 0 Å². The van der Waals surface area contributed by atoms with Crippen molar-refractivity contribution in [3.05, 3.63) is 112 Å². The van der Waals surface area contributed by atoms with Crippen molar-refractivity contribution in [1.82, 2.24) is 15.2 Å². The molecule has 0 atom stereocenters. The van der Waals surface area contributed by atoms with E-state index in [-0.39, 0.29) is 58.1 Å². The van der Waals surface area contributed by atoms with Crippen LogP contribution in [0.15, 0.2) is 78.9 Å². The fourth-order valence-corrected chi connectivity index (χ4v) is 5.12. The number of hydrogen-bond acceptors (Lipinski definition) is 7. The molecule has 9 nitrogen and oxygen atoms in total. The van der Waals surface area contributed by atoms with Gasteiger partial charge in [-0.15, -0.1) is 0 Å². The minimum atomic E-state index is -0.630. The number of phenols is 1. The van der Waals surface area contributed by atoms with Gasteiger partial charge in [0.25, 0.3) is 5.91 Å². The van der Waals surface area contributed by atoms with Gasteiger partial charge in [0.05, 0.1) is 16.8 Å². The van der Waals surface area contributed by atoms with E-state index in [1.54, 1.807) is 17.9 Å². The molecule has 3 aromatic carbocycles. The smallest absolute Gasteiger partial charge is 0.410 e. The number of aromatic hydroxyl groups is 1. The molecule has 5 rings (SSSR count). The molecule has 0 bridgehead atoms. The number of anilines is 1. The van der Waals surface area contributed by atoms with E-state index in [2.05, 4.69) is 10.3 Å². The van der Waals surface area contributed by atoms with Crippen molar-refractivity contribution in [3.8, 4) is 17.0 Å². The van der Waals surface area contributed by atoms with Gasteiger partial charge in [0.15, 0.2) is 5.78 Å². The molecule has 44 heavy (non-hydrogen) atoms. The molecular weight excluding hydrogens is 563 g/mol. The molecule has 4 aromatic rings. The summed E-state index contributed by atoms with van der Waals surface area (Å²) in [5.41, 5.74) is 8.48. The highest BCUT2D eigenvalue weighted by molar-refractivity contribution is 6.10. The molecule has 1 fully saturated rings. The number of amides is 2. The molecule has 0 radical (unpaired) electrons. The Morgan fingerprint density at radius 1 is 1.00 bits per heavy atom. The molecular formula is C34H33FN4O5. The van der Waals surface area contributed by atoms with Crippen molar-refractivity contribution in [2.75, 3.05) is 25.4 Å². The summed E-state index contributed by atoms with van der Waals surface area (Å²) in [5.74, 6) is -1.57. The highest BCUT2D eigenvalue weighted by Crippen LogP contribution is 2.31. The average molecular weight is 597 g/mol. The number of hydrogen-bond donors (Lipinski definition) is 3. The lowest BCUT2D eigenvalue weighted by molar-refractivity contribution is 0.0801. The number of nitrogen functional groups attached to an aromatic ring is 1. The van der Waals surface area contributed by atoms with E-state index < -0.39 is 17.5 Å². The number of phenolic OH excluding ortho intramolecular Hbond substituents is 1. The molecule has 0 unspecified atom stereocenters. The van der Waals surface area contributed by atoms with Crippen LogP contribution in [0.5, 0.6) is 5.75 Å². The summed E-state index contributed by atoms with van der Waals surface area (Å²) in [6.07, 6.45) is 1.08. The van der Waals surface area contributed by atoms with E-state index in [1.807, 2.05) is 30.3 Å². The molecule has 226 valence electrons. The molecule has 0 spiro atoms. The number of carbonyl (C=O) groups is 3. The van der Waals surface area contributed by atoms with E-state index in [9.17, 15) is 23.9 Å². The number of halogens is 1. The van der Waals surface area contributed by atoms with Crippen LogP contribution in [0.3, 0.4) is 0 Å². The van der Waals surface area contributed by atoms with Gasteiger partial charge in [0.1, 0.15) is 24.0 Å². The molecule has 1 saturated heterocycles. The number of aromatic nitrogens is 1. The molecule has 1 aliphatic heterocycles. The molecule has 1 aromatic heterocycles. The number of ether oxygens (including phenoxy) is 1. The average Bonchev–Trinajstić information content (AvgIpc) is 3.03. The van der Waals surface area contributed by atoms with Crippen LogP contribution in [0.1, 0.15) is 50.2 Å². The Morgan fingerprint density at radius 2 is 1.73 bits per heavy atom. The van der Waals surface area contributed by atoms with Crippen molar-refractivity contribution in [3.63, 3.8) is 0 Å². The van der Waals surface area contributed by atoms with E-state index >= 15 is 0 Å². The quantitative estimate of drug-likeness (QED) is 0.229. The number of rotatable bonds is 8. The second kappa shape index (κ2) is 13.4. The zero-order valence-corrected chi connectivity index (χ0v) is 24.3. The van der Waals surface area contributed by atoms with Gasteiger partial charge >= 0.3 is 6.09 Å². The maximum Gasteiger partial charge on any atom is 0.410 e. The van der Waals surface area contributed by atoms with Crippen LogP contribution in [0.4, 0.5) is 15.0 Å². The maximum absolute atomic E-state index is 14.4. The van der Waals surface area contributed by atoms with Crippen LogP contribution in [0, 0.1) is 18.7 Å². The molecule has 1 aliphatic rings. The van der Waals surface area contributed by atoms with E-state index in [0.29, 0.717) is 38.0 Å². The Kier molecular flexibility index (Phi) is 9.18. The largest absolute Gasteiger partial charge is 0.507 e. The number of pyridine rings is 1. The summed E-state index contributed by atoms with van der Waals surface area (Å²) in [5, 5.41) is 13.4. The van der Waals surface area contributed by atoms with Crippen LogP contribution < -0.4 is 11.1 Å². The number of nitrogens with one attached hydrogen (secondary N) is 1. The molecule has 10 heteroatoms. The second-order valence-electron chi connectivity index (χ2n) is 10.9. The Balaban J connectivity index is 1.17. The SMILES string of the molecule is Cc1ccc(C(=O)c2ccc(O)c(-c3ccc(C(=O)NCC4CCN(C(=O)OCc5ccccc5)CC4)c(N)n3)c2)c(F)c1. The predicted molar refractivity (Wildman–Crippen MR) is 164 cm³/mol. The van der Waals surface area contributed by atoms with Gasteiger partial charge in [0, 0.05) is 30.8 Å². The van der Waals surface area contributed by atoms with Gasteiger partial charge in [-0.25, -0.2) is 14.2 Å². The molecule has 2 heterocycles. The molecule has 2 amide bonds. The minimum Gasteiger partial charge on any atom is -0.507 e. The summed E-state index contributed by atoms with van der Waals surface area (Å²) in [6.45, 7) is 3.43. The third kappa shape index (κ3) is 7.03. The van der Waals surface area contributed by atoms with E-state index in [0.717, 1.165) is 5.56 Å². The minimum absolute atomic E-state index is 0.0447. The van der Waals surface area contributed by atoms with Crippen molar-refractivity contribution in [2.24, 2.45) is 5.92 Å². The number of ketones is 1. The van der Waals surface area contributed by atoms with Gasteiger partial charge in [0.2, 0.25) is 0 Å². The zero-order chi connectivity index (χ0) is 31.2. The van der Waals surface area contributed by atoms with Gasteiger partial charge in [-0.2, -0.15) is 0 Å². The number of nitrogens with two attached hydrogens (primary N) is 1. The Labute approximate surface area is 254 Å². The normalized spacial score (nSPS) is 13.4. The second-order valence-corrected chi connectivity index (χ2v) is 10.9. The Bertz CT molecular complexity index is 1690. The maximum atomic E-state index is 14.4.